The van der Waals surface area contributed by atoms with Gasteiger partial charge in [0, 0.05) is 5.92 Å². The number of rotatable bonds is 5. The quantitative estimate of drug-likeness (QED) is 0.675. The van der Waals surface area contributed by atoms with Crippen LogP contribution < -0.4 is 4.74 Å². The summed E-state index contributed by atoms with van der Waals surface area (Å²) < 4.78 is 11.5. The molecule has 1 saturated heterocycles. The van der Waals surface area contributed by atoms with Gasteiger partial charge in [0.05, 0.1) is 6.61 Å². The molecular formula is C23H30O2. The zero-order valence-corrected chi connectivity index (χ0v) is 16.6. The third-order valence-corrected chi connectivity index (χ3v) is 5.89. The van der Waals surface area contributed by atoms with E-state index < -0.39 is 0 Å². The zero-order valence-electron chi connectivity index (χ0n) is 16.6. The minimum absolute atomic E-state index is 0.279. The fourth-order valence-corrected chi connectivity index (χ4v) is 3.75. The summed E-state index contributed by atoms with van der Waals surface area (Å²) in [5.74, 6) is 1.39. The number of hydrogen-bond donors (Lipinski definition) is 0. The van der Waals surface area contributed by atoms with Crippen molar-refractivity contribution in [2.45, 2.75) is 60.5 Å². The Morgan fingerprint density at radius 3 is 2.24 bits per heavy atom. The Kier molecular flexibility index (Phi) is 4.92. The molecule has 1 fully saturated rings. The molecule has 2 atom stereocenters. The second-order valence-corrected chi connectivity index (χ2v) is 7.57. The van der Waals surface area contributed by atoms with Crippen LogP contribution in [0.3, 0.4) is 0 Å². The average Bonchev–Trinajstić information content (AvgIpc) is 3.39. The highest BCUT2D eigenvalue weighted by Crippen LogP contribution is 2.39. The Morgan fingerprint density at radius 2 is 1.64 bits per heavy atom. The van der Waals surface area contributed by atoms with Gasteiger partial charge in [-0.3, -0.25) is 0 Å². The van der Waals surface area contributed by atoms with Gasteiger partial charge < -0.3 is 9.47 Å². The van der Waals surface area contributed by atoms with Crippen LogP contribution in [0.25, 0.3) is 0 Å². The highest BCUT2D eigenvalue weighted by Gasteiger charge is 2.26. The van der Waals surface area contributed by atoms with Gasteiger partial charge in [0.2, 0.25) is 0 Å². The van der Waals surface area contributed by atoms with Crippen LogP contribution in [0.5, 0.6) is 5.75 Å². The molecule has 1 aliphatic heterocycles. The van der Waals surface area contributed by atoms with Crippen LogP contribution in [0.15, 0.2) is 18.2 Å². The van der Waals surface area contributed by atoms with Crippen molar-refractivity contribution in [3.05, 3.63) is 62.7 Å². The van der Waals surface area contributed by atoms with Gasteiger partial charge in [-0.05, 0) is 86.1 Å². The molecule has 134 valence electrons. The topological polar surface area (TPSA) is 21.8 Å². The van der Waals surface area contributed by atoms with Crippen LogP contribution in [-0.4, -0.2) is 19.3 Å². The summed E-state index contributed by atoms with van der Waals surface area (Å²) in [6.07, 6.45) is 0.279. The first kappa shape index (κ1) is 18.0. The van der Waals surface area contributed by atoms with Gasteiger partial charge in [-0.25, -0.2) is 0 Å². The van der Waals surface area contributed by atoms with E-state index in [0.29, 0.717) is 12.5 Å². The molecule has 0 aliphatic carbocycles. The number of ether oxygens (including phenoxy) is 2. The standard InChI is InChI=1S/C23H30O2/c1-13-8-9-20(10-14(13)2)18(6)22-16(4)15(3)17(5)23(19(22)7)25-12-21-11-24-21/h8-10,18,21H,11-12H2,1-7H3. The van der Waals surface area contributed by atoms with Crippen molar-refractivity contribution in [1.29, 1.82) is 0 Å². The first-order valence-corrected chi connectivity index (χ1v) is 9.23. The van der Waals surface area contributed by atoms with Crippen molar-refractivity contribution in [2.75, 3.05) is 13.2 Å². The summed E-state index contributed by atoms with van der Waals surface area (Å²) in [6.45, 7) is 17.0. The Hall–Kier alpha value is -1.80. The van der Waals surface area contributed by atoms with E-state index in [4.69, 9.17) is 9.47 Å². The zero-order chi connectivity index (χ0) is 18.3. The molecule has 2 nitrogen and oxygen atoms in total. The normalized spacial score (nSPS) is 17.5. The highest BCUT2D eigenvalue weighted by molar-refractivity contribution is 5.57. The first-order valence-electron chi connectivity index (χ1n) is 9.23. The van der Waals surface area contributed by atoms with Crippen molar-refractivity contribution in [3.63, 3.8) is 0 Å². The van der Waals surface area contributed by atoms with Crippen LogP contribution in [0.1, 0.15) is 57.3 Å². The summed E-state index contributed by atoms with van der Waals surface area (Å²) in [4.78, 5) is 0. The second-order valence-electron chi connectivity index (χ2n) is 7.57. The van der Waals surface area contributed by atoms with Crippen molar-refractivity contribution in [1.82, 2.24) is 0 Å². The summed E-state index contributed by atoms with van der Waals surface area (Å²) in [5.41, 5.74) is 10.7. The SMILES string of the molecule is Cc1ccc(C(C)c2c(C)c(C)c(C)c(OCC3CO3)c2C)cc1C. The lowest BCUT2D eigenvalue weighted by atomic mass is 9.82. The molecule has 1 heterocycles. The van der Waals surface area contributed by atoms with E-state index in [-0.39, 0.29) is 6.10 Å². The molecule has 2 aromatic rings. The van der Waals surface area contributed by atoms with E-state index in [1.165, 1.54) is 44.5 Å². The summed E-state index contributed by atoms with van der Waals surface area (Å²) in [7, 11) is 0. The van der Waals surface area contributed by atoms with E-state index in [1.54, 1.807) is 0 Å². The Morgan fingerprint density at radius 1 is 0.960 bits per heavy atom. The predicted molar refractivity (Wildman–Crippen MR) is 104 cm³/mol. The maximum absolute atomic E-state index is 6.17. The molecule has 0 aromatic heterocycles. The number of hydrogen-bond acceptors (Lipinski definition) is 2. The summed E-state index contributed by atoms with van der Waals surface area (Å²) in [6, 6.07) is 6.82. The maximum Gasteiger partial charge on any atom is 0.125 e. The van der Waals surface area contributed by atoms with E-state index in [0.717, 1.165) is 12.4 Å². The van der Waals surface area contributed by atoms with Crippen LogP contribution in [0, 0.1) is 41.5 Å². The van der Waals surface area contributed by atoms with Crippen molar-refractivity contribution in [3.8, 4) is 5.75 Å². The van der Waals surface area contributed by atoms with Gasteiger partial charge >= 0.3 is 0 Å². The van der Waals surface area contributed by atoms with E-state index >= 15 is 0 Å². The molecule has 0 bridgehead atoms. The molecule has 0 amide bonds. The van der Waals surface area contributed by atoms with Gasteiger partial charge in [-0.1, -0.05) is 25.1 Å². The summed E-state index contributed by atoms with van der Waals surface area (Å²) in [5, 5.41) is 0. The Bertz CT molecular complexity index is 800. The number of epoxide rings is 1. The van der Waals surface area contributed by atoms with Crippen molar-refractivity contribution < 1.29 is 9.47 Å². The third-order valence-electron chi connectivity index (χ3n) is 5.89. The van der Waals surface area contributed by atoms with Crippen LogP contribution in [0.2, 0.25) is 0 Å². The monoisotopic (exact) mass is 338 g/mol. The highest BCUT2D eigenvalue weighted by atomic mass is 16.6. The second kappa shape index (κ2) is 6.84. The molecule has 2 heteroatoms. The van der Waals surface area contributed by atoms with Crippen LogP contribution in [0.4, 0.5) is 0 Å². The van der Waals surface area contributed by atoms with Gasteiger partial charge in [-0.15, -0.1) is 0 Å². The lowest BCUT2D eigenvalue weighted by Crippen LogP contribution is -2.11. The fraction of sp³-hybridized carbons (Fsp3) is 0.478. The largest absolute Gasteiger partial charge is 0.490 e. The molecular weight excluding hydrogens is 308 g/mol. The molecule has 1 aliphatic rings. The number of aryl methyl sites for hydroxylation is 2. The minimum Gasteiger partial charge on any atom is -0.490 e. The van der Waals surface area contributed by atoms with E-state index in [2.05, 4.69) is 66.7 Å². The molecule has 2 unspecified atom stereocenters. The lowest BCUT2D eigenvalue weighted by molar-refractivity contribution is 0.260. The molecule has 0 radical (unpaired) electrons. The molecule has 25 heavy (non-hydrogen) atoms. The predicted octanol–water partition coefficient (Wildman–Crippen LogP) is 5.47. The van der Waals surface area contributed by atoms with Crippen molar-refractivity contribution in [2.24, 2.45) is 0 Å². The van der Waals surface area contributed by atoms with Gasteiger partial charge in [0.25, 0.3) is 0 Å². The van der Waals surface area contributed by atoms with Crippen molar-refractivity contribution >= 4 is 0 Å². The smallest absolute Gasteiger partial charge is 0.125 e. The Balaban J connectivity index is 2.05. The molecule has 2 aromatic carbocycles. The van der Waals surface area contributed by atoms with E-state index in [9.17, 15) is 0 Å². The van der Waals surface area contributed by atoms with E-state index in [1.807, 2.05) is 0 Å². The number of benzene rings is 2. The molecule has 0 N–H and O–H groups in total. The molecule has 0 saturated carbocycles. The minimum atomic E-state index is 0.279. The first-order chi connectivity index (χ1) is 11.8. The average molecular weight is 338 g/mol. The maximum atomic E-state index is 6.17. The molecule has 3 rings (SSSR count). The molecule has 0 spiro atoms. The van der Waals surface area contributed by atoms with Gasteiger partial charge in [-0.2, -0.15) is 0 Å². The van der Waals surface area contributed by atoms with Crippen LogP contribution in [-0.2, 0) is 4.74 Å². The van der Waals surface area contributed by atoms with Crippen LogP contribution >= 0.6 is 0 Å². The van der Waals surface area contributed by atoms with Gasteiger partial charge in [0.1, 0.15) is 18.5 Å². The van der Waals surface area contributed by atoms with Gasteiger partial charge in [0.15, 0.2) is 0 Å². The Labute approximate surface area is 152 Å². The fourth-order valence-electron chi connectivity index (χ4n) is 3.75. The summed E-state index contributed by atoms with van der Waals surface area (Å²) >= 11 is 0. The lowest BCUT2D eigenvalue weighted by Gasteiger charge is -2.25. The third kappa shape index (κ3) is 3.46.